The van der Waals surface area contributed by atoms with E-state index >= 15 is 0 Å². The summed E-state index contributed by atoms with van der Waals surface area (Å²) >= 11 is 0. The lowest BCUT2D eigenvalue weighted by Crippen LogP contribution is -2.30. The Morgan fingerprint density at radius 1 is 1.60 bits per heavy atom. The smallest absolute Gasteiger partial charge is 0.213 e. The van der Waals surface area contributed by atoms with Gasteiger partial charge in [0, 0.05) is 6.54 Å². The number of likely N-dealkylation sites (tertiary alicyclic amines) is 1. The molecule has 0 aromatic rings. The molecule has 0 aromatic carbocycles. The summed E-state index contributed by atoms with van der Waals surface area (Å²) in [5.74, 6) is 0. The van der Waals surface area contributed by atoms with Crippen molar-refractivity contribution in [2.75, 3.05) is 20.1 Å². The fourth-order valence-electron chi connectivity index (χ4n) is 1.16. The molecule has 0 amide bonds. The Morgan fingerprint density at radius 2 is 2.20 bits per heavy atom. The van der Waals surface area contributed by atoms with Gasteiger partial charge in [0.15, 0.2) is 0 Å². The number of hydrogen-bond donors (Lipinski definition) is 1. The van der Waals surface area contributed by atoms with Gasteiger partial charge in [-0.3, -0.25) is 0 Å². The largest absolute Gasteiger partial charge is 0.305 e. The van der Waals surface area contributed by atoms with Crippen LogP contribution in [0.25, 0.3) is 0 Å². The van der Waals surface area contributed by atoms with Crippen LogP contribution in [0.2, 0.25) is 0 Å². The maximum absolute atomic E-state index is 10.7. The Labute approximate surface area is 61.1 Å². The Morgan fingerprint density at radius 3 is 2.40 bits per heavy atom. The average molecular weight is 164 g/mol. The Bertz CT molecular complexity index is 212. The molecule has 1 unspecified atom stereocenters. The van der Waals surface area contributed by atoms with Gasteiger partial charge in [0.25, 0.3) is 0 Å². The SMILES string of the molecule is CN1CCC(S(N)(=O)=O)C1. The molecule has 0 bridgehead atoms. The molecule has 60 valence electrons. The highest BCUT2D eigenvalue weighted by Crippen LogP contribution is 2.11. The molecule has 1 aliphatic rings. The minimum atomic E-state index is -3.28. The van der Waals surface area contributed by atoms with Crippen molar-refractivity contribution >= 4 is 10.0 Å². The van der Waals surface area contributed by atoms with E-state index in [0.717, 1.165) is 6.54 Å². The van der Waals surface area contributed by atoms with E-state index < -0.39 is 10.0 Å². The van der Waals surface area contributed by atoms with Crippen molar-refractivity contribution in [2.45, 2.75) is 11.7 Å². The first kappa shape index (κ1) is 7.97. The molecule has 1 aliphatic heterocycles. The van der Waals surface area contributed by atoms with Crippen molar-refractivity contribution in [3.05, 3.63) is 0 Å². The minimum absolute atomic E-state index is 0.336. The summed E-state index contributed by atoms with van der Waals surface area (Å²) in [4.78, 5) is 1.97. The Balaban J connectivity index is 2.62. The third-order valence-corrected chi connectivity index (χ3v) is 3.13. The zero-order valence-corrected chi connectivity index (χ0v) is 6.76. The minimum Gasteiger partial charge on any atom is -0.305 e. The van der Waals surface area contributed by atoms with Crippen LogP contribution in [0.5, 0.6) is 0 Å². The van der Waals surface area contributed by atoms with Gasteiger partial charge in [-0.15, -0.1) is 0 Å². The van der Waals surface area contributed by atoms with Gasteiger partial charge in [0.05, 0.1) is 5.25 Å². The molecule has 4 nitrogen and oxygen atoms in total. The van der Waals surface area contributed by atoms with Gasteiger partial charge in [-0.25, -0.2) is 13.6 Å². The number of sulfonamides is 1. The lowest BCUT2D eigenvalue weighted by molar-refractivity contribution is 0.417. The van der Waals surface area contributed by atoms with Crippen molar-refractivity contribution in [1.29, 1.82) is 0 Å². The summed E-state index contributed by atoms with van der Waals surface area (Å²) in [5, 5.41) is 4.61. The standard InChI is InChI=1S/C5H12N2O2S/c1-7-3-2-5(4-7)10(6,8)9/h5H,2-4H2,1H3,(H2,6,8,9). The Kier molecular flexibility index (Phi) is 1.98. The molecule has 0 saturated carbocycles. The fourth-order valence-corrected chi connectivity index (χ4v) is 2.06. The molecule has 5 heteroatoms. The molecule has 0 aromatic heterocycles. The van der Waals surface area contributed by atoms with Crippen LogP contribution in [0.3, 0.4) is 0 Å². The second-order valence-electron chi connectivity index (χ2n) is 2.76. The predicted molar refractivity (Wildman–Crippen MR) is 39.0 cm³/mol. The van der Waals surface area contributed by atoms with E-state index in [1.54, 1.807) is 0 Å². The first-order chi connectivity index (χ1) is 4.50. The van der Waals surface area contributed by atoms with Crippen molar-refractivity contribution in [2.24, 2.45) is 5.14 Å². The molecule has 1 heterocycles. The summed E-state index contributed by atoms with van der Waals surface area (Å²) in [5.41, 5.74) is 0. The fraction of sp³-hybridized carbons (Fsp3) is 1.00. The van der Waals surface area contributed by atoms with Crippen LogP contribution in [0, 0.1) is 0 Å². The highest BCUT2D eigenvalue weighted by Gasteiger charge is 2.28. The molecule has 1 saturated heterocycles. The molecule has 0 spiro atoms. The van der Waals surface area contributed by atoms with Gasteiger partial charge >= 0.3 is 0 Å². The molecule has 10 heavy (non-hydrogen) atoms. The summed E-state index contributed by atoms with van der Waals surface area (Å²) < 4.78 is 21.5. The van der Waals surface area contributed by atoms with Gasteiger partial charge in [0.2, 0.25) is 10.0 Å². The van der Waals surface area contributed by atoms with Gasteiger partial charge in [0.1, 0.15) is 0 Å². The van der Waals surface area contributed by atoms with Gasteiger partial charge in [-0.2, -0.15) is 0 Å². The normalized spacial score (nSPS) is 29.2. The van der Waals surface area contributed by atoms with Gasteiger partial charge in [-0.1, -0.05) is 0 Å². The average Bonchev–Trinajstić information content (AvgIpc) is 2.11. The third kappa shape index (κ3) is 1.68. The van der Waals surface area contributed by atoms with Crippen LogP contribution in [-0.4, -0.2) is 38.7 Å². The first-order valence-corrected chi connectivity index (χ1v) is 4.81. The van der Waals surface area contributed by atoms with E-state index in [1.807, 2.05) is 11.9 Å². The number of primary sulfonamides is 1. The zero-order valence-electron chi connectivity index (χ0n) is 5.95. The molecule has 1 fully saturated rings. The zero-order chi connectivity index (χ0) is 7.78. The highest BCUT2D eigenvalue weighted by atomic mass is 32.2. The van der Waals surface area contributed by atoms with E-state index in [4.69, 9.17) is 5.14 Å². The molecule has 1 atom stereocenters. The van der Waals surface area contributed by atoms with E-state index in [2.05, 4.69) is 0 Å². The third-order valence-electron chi connectivity index (χ3n) is 1.81. The predicted octanol–water partition coefficient (Wildman–Crippen LogP) is -1.02. The van der Waals surface area contributed by atoms with Crippen LogP contribution in [0.1, 0.15) is 6.42 Å². The van der Waals surface area contributed by atoms with Crippen molar-refractivity contribution < 1.29 is 8.42 Å². The molecule has 1 rings (SSSR count). The monoisotopic (exact) mass is 164 g/mol. The summed E-state index contributed by atoms with van der Waals surface area (Å²) in [6.07, 6.45) is 0.676. The number of nitrogens with zero attached hydrogens (tertiary/aromatic N) is 1. The molecule has 2 N–H and O–H groups in total. The van der Waals surface area contributed by atoms with Gasteiger partial charge < -0.3 is 4.90 Å². The maximum atomic E-state index is 10.7. The van der Waals surface area contributed by atoms with Crippen molar-refractivity contribution in [3.63, 3.8) is 0 Å². The lowest BCUT2D eigenvalue weighted by atomic mass is 10.4. The van der Waals surface area contributed by atoms with Crippen LogP contribution in [-0.2, 0) is 10.0 Å². The summed E-state index contributed by atoms with van der Waals surface area (Å²) in [6, 6.07) is 0. The topological polar surface area (TPSA) is 63.4 Å². The van der Waals surface area contributed by atoms with E-state index in [-0.39, 0.29) is 5.25 Å². The van der Waals surface area contributed by atoms with Crippen molar-refractivity contribution in [3.8, 4) is 0 Å². The van der Waals surface area contributed by atoms with E-state index in [9.17, 15) is 8.42 Å². The van der Waals surface area contributed by atoms with Crippen LogP contribution >= 0.6 is 0 Å². The van der Waals surface area contributed by atoms with Crippen LogP contribution in [0.15, 0.2) is 0 Å². The molecule has 0 radical (unpaired) electrons. The second kappa shape index (κ2) is 2.48. The second-order valence-corrected chi connectivity index (χ2v) is 4.61. The number of nitrogens with two attached hydrogens (primary N) is 1. The van der Waals surface area contributed by atoms with Crippen molar-refractivity contribution in [1.82, 2.24) is 4.90 Å². The Hall–Kier alpha value is -0.130. The molecular weight excluding hydrogens is 152 g/mol. The number of rotatable bonds is 1. The molecular formula is C5H12N2O2S. The number of hydrogen-bond acceptors (Lipinski definition) is 3. The van der Waals surface area contributed by atoms with Gasteiger partial charge in [-0.05, 0) is 20.0 Å². The van der Waals surface area contributed by atoms with E-state index in [1.165, 1.54) is 0 Å². The summed E-state index contributed by atoms with van der Waals surface area (Å²) in [7, 11) is -1.38. The lowest BCUT2D eigenvalue weighted by Gasteiger charge is -2.06. The van der Waals surface area contributed by atoms with Crippen LogP contribution in [0.4, 0.5) is 0 Å². The molecule has 0 aliphatic carbocycles. The van der Waals surface area contributed by atoms with E-state index in [0.29, 0.717) is 13.0 Å². The van der Waals surface area contributed by atoms with Crippen LogP contribution < -0.4 is 5.14 Å². The maximum Gasteiger partial charge on any atom is 0.213 e. The highest BCUT2D eigenvalue weighted by molar-refractivity contribution is 7.89. The first-order valence-electron chi connectivity index (χ1n) is 3.20. The summed E-state index contributed by atoms with van der Waals surface area (Å²) in [6.45, 7) is 1.42. The quantitative estimate of drug-likeness (QED) is 0.539.